The third kappa shape index (κ3) is 2.54. The molecule has 0 fully saturated rings. The highest BCUT2D eigenvalue weighted by Gasteiger charge is 2.16. The first-order chi connectivity index (χ1) is 11.0. The first-order valence-corrected chi connectivity index (χ1v) is 7.25. The van der Waals surface area contributed by atoms with Crippen molar-refractivity contribution >= 4 is 11.0 Å². The van der Waals surface area contributed by atoms with Crippen LogP contribution in [0.5, 0.6) is 11.5 Å². The highest BCUT2D eigenvalue weighted by atomic mass is 16.5. The minimum Gasteiger partial charge on any atom is -0.493 e. The van der Waals surface area contributed by atoms with Gasteiger partial charge in [0.25, 0.3) is 5.56 Å². The van der Waals surface area contributed by atoms with E-state index in [0.717, 1.165) is 11.3 Å². The summed E-state index contributed by atoms with van der Waals surface area (Å²) in [7, 11) is 3.14. The summed E-state index contributed by atoms with van der Waals surface area (Å²) in [5.41, 5.74) is 2.21. The molecule has 2 N–H and O–H groups in total. The van der Waals surface area contributed by atoms with Crippen molar-refractivity contribution in [2.24, 2.45) is 0 Å². The lowest BCUT2D eigenvalue weighted by Gasteiger charge is -2.09. The zero-order valence-electron chi connectivity index (χ0n) is 13.4. The summed E-state index contributed by atoms with van der Waals surface area (Å²) in [6, 6.07) is 5.37. The van der Waals surface area contributed by atoms with E-state index >= 15 is 0 Å². The summed E-state index contributed by atoms with van der Waals surface area (Å²) in [5, 5.41) is 6.96. The molecule has 0 saturated heterocycles. The van der Waals surface area contributed by atoms with Crippen molar-refractivity contribution in [2.75, 3.05) is 14.2 Å². The second kappa shape index (κ2) is 5.75. The van der Waals surface area contributed by atoms with Crippen molar-refractivity contribution in [1.29, 1.82) is 0 Å². The average Bonchev–Trinajstić information content (AvgIpc) is 2.98. The Morgan fingerprint density at radius 2 is 1.83 bits per heavy atom. The quantitative estimate of drug-likeness (QED) is 0.771. The molecule has 0 aliphatic rings. The predicted molar refractivity (Wildman–Crippen MR) is 87.1 cm³/mol. The molecule has 120 valence electrons. The van der Waals surface area contributed by atoms with Gasteiger partial charge in [0.15, 0.2) is 17.0 Å². The fourth-order valence-corrected chi connectivity index (χ4v) is 2.45. The Kier molecular flexibility index (Phi) is 3.77. The standard InChI is InChI=1S/C16H18N4O3/c1-8(2)12-13-14(20-19-12)16(21)18-15(17-13)9-5-6-10(22-3)11(7-9)23-4/h5-8H,1-4H3,(H,19,20)(H,17,18,21). The molecule has 3 aromatic rings. The van der Waals surface area contributed by atoms with Crippen LogP contribution in [0.3, 0.4) is 0 Å². The normalized spacial score (nSPS) is 11.2. The third-order valence-corrected chi connectivity index (χ3v) is 3.67. The van der Waals surface area contributed by atoms with Gasteiger partial charge in [0.2, 0.25) is 0 Å². The molecular formula is C16H18N4O3. The van der Waals surface area contributed by atoms with Crippen LogP contribution in [0.1, 0.15) is 25.5 Å². The molecule has 0 amide bonds. The van der Waals surface area contributed by atoms with E-state index in [2.05, 4.69) is 20.2 Å². The third-order valence-electron chi connectivity index (χ3n) is 3.67. The number of rotatable bonds is 4. The molecular weight excluding hydrogens is 296 g/mol. The molecule has 1 aromatic carbocycles. The van der Waals surface area contributed by atoms with E-state index in [1.54, 1.807) is 26.4 Å². The summed E-state index contributed by atoms with van der Waals surface area (Å²) in [6.45, 7) is 4.04. The Morgan fingerprint density at radius 3 is 2.48 bits per heavy atom. The average molecular weight is 314 g/mol. The molecule has 23 heavy (non-hydrogen) atoms. The molecule has 0 atom stereocenters. The summed E-state index contributed by atoms with van der Waals surface area (Å²) in [5.74, 6) is 1.84. The van der Waals surface area contributed by atoms with Crippen molar-refractivity contribution < 1.29 is 9.47 Å². The Morgan fingerprint density at radius 1 is 1.09 bits per heavy atom. The Bertz CT molecular complexity index is 911. The fourth-order valence-electron chi connectivity index (χ4n) is 2.45. The fraction of sp³-hybridized carbons (Fsp3) is 0.312. The van der Waals surface area contributed by atoms with Crippen LogP contribution in [-0.2, 0) is 0 Å². The van der Waals surface area contributed by atoms with Gasteiger partial charge in [-0.25, -0.2) is 4.98 Å². The molecule has 2 heterocycles. The Labute approximate surface area is 132 Å². The lowest BCUT2D eigenvalue weighted by Crippen LogP contribution is -2.09. The number of ether oxygens (including phenoxy) is 2. The van der Waals surface area contributed by atoms with Crippen LogP contribution in [0.2, 0.25) is 0 Å². The molecule has 0 aliphatic carbocycles. The van der Waals surface area contributed by atoms with Gasteiger partial charge in [0, 0.05) is 5.56 Å². The smallest absolute Gasteiger partial charge is 0.279 e. The first-order valence-electron chi connectivity index (χ1n) is 7.25. The molecule has 0 radical (unpaired) electrons. The zero-order valence-corrected chi connectivity index (χ0v) is 13.4. The van der Waals surface area contributed by atoms with Crippen LogP contribution in [0.25, 0.3) is 22.4 Å². The van der Waals surface area contributed by atoms with Gasteiger partial charge in [0.1, 0.15) is 11.3 Å². The van der Waals surface area contributed by atoms with Crippen molar-refractivity contribution in [3.05, 3.63) is 34.2 Å². The highest BCUT2D eigenvalue weighted by Crippen LogP contribution is 2.31. The van der Waals surface area contributed by atoms with E-state index in [1.165, 1.54) is 0 Å². The molecule has 0 unspecified atom stereocenters. The molecule has 7 nitrogen and oxygen atoms in total. The number of aromatic amines is 2. The van der Waals surface area contributed by atoms with Crippen LogP contribution in [0.15, 0.2) is 23.0 Å². The minimum absolute atomic E-state index is 0.188. The van der Waals surface area contributed by atoms with Gasteiger partial charge < -0.3 is 14.5 Å². The van der Waals surface area contributed by atoms with Crippen LogP contribution in [0.4, 0.5) is 0 Å². The number of benzene rings is 1. The van der Waals surface area contributed by atoms with Gasteiger partial charge >= 0.3 is 0 Å². The molecule has 0 aliphatic heterocycles. The maximum atomic E-state index is 12.3. The molecule has 3 rings (SSSR count). The second-order valence-corrected chi connectivity index (χ2v) is 5.47. The van der Waals surface area contributed by atoms with Crippen LogP contribution < -0.4 is 15.0 Å². The van der Waals surface area contributed by atoms with Crippen molar-refractivity contribution in [3.8, 4) is 22.9 Å². The van der Waals surface area contributed by atoms with Gasteiger partial charge in [-0.15, -0.1) is 0 Å². The zero-order chi connectivity index (χ0) is 16.6. The number of aromatic nitrogens is 4. The summed E-state index contributed by atoms with van der Waals surface area (Å²) in [4.78, 5) is 19.6. The largest absolute Gasteiger partial charge is 0.493 e. The predicted octanol–water partition coefficient (Wildman–Crippen LogP) is 2.45. The van der Waals surface area contributed by atoms with Gasteiger partial charge in [-0.1, -0.05) is 13.8 Å². The lowest BCUT2D eigenvalue weighted by atomic mass is 10.1. The summed E-state index contributed by atoms with van der Waals surface area (Å²) in [6.07, 6.45) is 0. The monoisotopic (exact) mass is 314 g/mol. The van der Waals surface area contributed by atoms with E-state index in [-0.39, 0.29) is 11.5 Å². The van der Waals surface area contributed by atoms with E-state index in [4.69, 9.17) is 9.47 Å². The molecule has 2 aromatic heterocycles. The van der Waals surface area contributed by atoms with Crippen LogP contribution in [-0.4, -0.2) is 34.4 Å². The topological polar surface area (TPSA) is 92.9 Å². The molecule has 0 spiro atoms. The van der Waals surface area contributed by atoms with Gasteiger partial charge in [-0.3, -0.25) is 9.89 Å². The minimum atomic E-state index is -0.275. The Balaban J connectivity index is 2.20. The first kappa shape index (κ1) is 15.1. The number of methoxy groups -OCH3 is 2. The number of fused-ring (bicyclic) bond motifs is 1. The van der Waals surface area contributed by atoms with Crippen molar-refractivity contribution in [3.63, 3.8) is 0 Å². The summed E-state index contributed by atoms with van der Waals surface area (Å²) >= 11 is 0. The SMILES string of the molecule is COc1ccc(-c2nc3c(C(C)C)[nH]nc3c(=O)[nH]2)cc1OC. The van der Waals surface area contributed by atoms with Crippen LogP contribution in [0, 0.1) is 0 Å². The summed E-state index contributed by atoms with van der Waals surface area (Å²) < 4.78 is 10.5. The van der Waals surface area contributed by atoms with Gasteiger partial charge in [-0.05, 0) is 24.1 Å². The van der Waals surface area contributed by atoms with E-state index in [0.29, 0.717) is 28.4 Å². The maximum absolute atomic E-state index is 12.3. The lowest BCUT2D eigenvalue weighted by molar-refractivity contribution is 0.355. The van der Waals surface area contributed by atoms with Crippen molar-refractivity contribution in [2.45, 2.75) is 19.8 Å². The number of nitrogens with zero attached hydrogens (tertiary/aromatic N) is 2. The van der Waals surface area contributed by atoms with Gasteiger partial charge in [0.05, 0.1) is 19.9 Å². The van der Waals surface area contributed by atoms with Gasteiger partial charge in [-0.2, -0.15) is 5.10 Å². The number of nitrogens with one attached hydrogen (secondary N) is 2. The van der Waals surface area contributed by atoms with Crippen LogP contribution >= 0.6 is 0 Å². The van der Waals surface area contributed by atoms with E-state index in [1.807, 2.05) is 19.9 Å². The molecule has 0 bridgehead atoms. The van der Waals surface area contributed by atoms with E-state index < -0.39 is 0 Å². The second-order valence-electron chi connectivity index (χ2n) is 5.47. The van der Waals surface area contributed by atoms with E-state index in [9.17, 15) is 4.79 Å². The molecule has 0 saturated carbocycles. The molecule has 7 heteroatoms. The number of hydrogen-bond donors (Lipinski definition) is 2. The highest BCUT2D eigenvalue weighted by molar-refractivity contribution is 5.78. The van der Waals surface area contributed by atoms with Crippen molar-refractivity contribution in [1.82, 2.24) is 20.2 Å². The Hall–Kier alpha value is -2.83. The number of H-pyrrole nitrogens is 2. The number of hydrogen-bond acceptors (Lipinski definition) is 5. The maximum Gasteiger partial charge on any atom is 0.279 e.